The summed E-state index contributed by atoms with van der Waals surface area (Å²) in [6.45, 7) is 3.65. The van der Waals surface area contributed by atoms with Crippen molar-refractivity contribution in [3.63, 3.8) is 0 Å². The highest BCUT2D eigenvalue weighted by molar-refractivity contribution is 5.83. The van der Waals surface area contributed by atoms with Crippen molar-refractivity contribution in [2.75, 3.05) is 18.4 Å². The van der Waals surface area contributed by atoms with E-state index >= 15 is 0 Å². The predicted molar refractivity (Wildman–Crippen MR) is 95.4 cm³/mol. The van der Waals surface area contributed by atoms with Crippen molar-refractivity contribution in [1.82, 2.24) is 25.3 Å². The lowest BCUT2D eigenvalue weighted by Crippen LogP contribution is -2.45. The van der Waals surface area contributed by atoms with Crippen LogP contribution in [0, 0.1) is 5.41 Å². The average Bonchev–Trinajstić information content (AvgIpc) is 3.51. The van der Waals surface area contributed by atoms with E-state index in [2.05, 4.69) is 25.7 Å². The molecule has 3 heterocycles. The second-order valence-corrected chi connectivity index (χ2v) is 7.68. The van der Waals surface area contributed by atoms with E-state index < -0.39 is 0 Å². The maximum atomic E-state index is 12.5. The highest BCUT2D eigenvalue weighted by Gasteiger charge is 2.45. The molecule has 2 aromatic rings. The van der Waals surface area contributed by atoms with Crippen molar-refractivity contribution >= 4 is 11.9 Å². The number of carbonyl (C=O) groups is 1. The molecular weight excluding hydrogens is 332 g/mol. The fourth-order valence-electron chi connectivity index (χ4n) is 3.40. The van der Waals surface area contributed by atoms with Gasteiger partial charge < -0.3 is 14.6 Å². The van der Waals surface area contributed by atoms with Gasteiger partial charge in [0.15, 0.2) is 0 Å². The number of nitrogens with one attached hydrogen (secondary N) is 2. The zero-order chi connectivity index (χ0) is 18.0. The van der Waals surface area contributed by atoms with Crippen molar-refractivity contribution in [1.29, 1.82) is 0 Å². The van der Waals surface area contributed by atoms with Crippen LogP contribution < -0.4 is 5.32 Å². The SMILES string of the molecule is CC(Nc1nnc(C2CC2)o1)C(=O)N1CCC2(CC1)CC2.c1cn[nH]c1. The van der Waals surface area contributed by atoms with Gasteiger partial charge in [-0.3, -0.25) is 9.89 Å². The minimum atomic E-state index is -0.314. The maximum absolute atomic E-state index is 12.5. The zero-order valence-corrected chi connectivity index (χ0v) is 15.1. The Hall–Kier alpha value is -2.38. The molecule has 2 saturated carbocycles. The number of H-pyrrole nitrogens is 1. The molecule has 0 aromatic carbocycles. The number of likely N-dealkylation sites (tertiary alicyclic amines) is 1. The Morgan fingerprint density at radius 2 is 2.08 bits per heavy atom. The van der Waals surface area contributed by atoms with Crippen LogP contribution in [0.3, 0.4) is 0 Å². The number of carbonyl (C=O) groups excluding carboxylic acids is 1. The number of hydrogen-bond acceptors (Lipinski definition) is 6. The molecule has 0 radical (unpaired) electrons. The molecule has 1 amide bonds. The predicted octanol–water partition coefficient (Wildman–Crippen LogP) is 2.56. The van der Waals surface area contributed by atoms with E-state index in [1.54, 1.807) is 12.4 Å². The molecule has 1 unspecified atom stereocenters. The van der Waals surface area contributed by atoms with Crippen LogP contribution in [0.5, 0.6) is 0 Å². The summed E-state index contributed by atoms with van der Waals surface area (Å²) in [5.41, 5.74) is 0.596. The smallest absolute Gasteiger partial charge is 0.316 e. The van der Waals surface area contributed by atoms with Crippen molar-refractivity contribution < 1.29 is 9.21 Å². The number of rotatable bonds is 4. The summed E-state index contributed by atoms with van der Waals surface area (Å²) in [5.74, 6) is 1.28. The Morgan fingerprint density at radius 3 is 2.62 bits per heavy atom. The third kappa shape index (κ3) is 4.05. The monoisotopic (exact) mass is 358 g/mol. The molecule has 1 aliphatic heterocycles. The van der Waals surface area contributed by atoms with Crippen LogP contribution in [0.15, 0.2) is 22.9 Å². The summed E-state index contributed by atoms with van der Waals surface area (Å²) in [7, 11) is 0. The minimum absolute atomic E-state index is 0.136. The molecule has 3 aliphatic rings. The number of piperidine rings is 1. The molecule has 8 heteroatoms. The standard InChI is InChI=1S/C15H22N4O2.C3H4N2/c1-10(16-14-18-17-12(21-14)11-2-3-11)13(20)19-8-6-15(4-5-15)7-9-19;1-2-4-5-3-1/h10-11H,2-9H2,1H3,(H,16,18);1-3H,(H,4,5). The number of anilines is 1. The van der Waals surface area contributed by atoms with Crippen LogP contribution in [0.4, 0.5) is 6.01 Å². The molecular formula is C18H26N6O2. The Labute approximate surface area is 152 Å². The largest absolute Gasteiger partial charge is 0.408 e. The van der Waals surface area contributed by atoms with Crippen molar-refractivity contribution in [3.05, 3.63) is 24.4 Å². The second kappa shape index (κ2) is 7.09. The molecule has 140 valence electrons. The van der Waals surface area contributed by atoms with Crippen LogP contribution in [-0.2, 0) is 4.79 Å². The van der Waals surface area contributed by atoms with Gasteiger partial charge in [0.1, 0.15) is 6.04 Å². The van der Waals surface area contributed by atoms with Gasteiger partial charge in [-0.25, -0.2) is 0 Å². The lowest BCUT2D eigenvalue weighted by Gasteiger charge is -2.33. The Bertz CT molecular complexity index is 693. The number of amides is 1. The van der Waals surface area contributed by atoms with E-state index in [0.717, 1.165) is 38.8 Å². The molecule has 2 aliphatic carbocycles. The minimum Gasteiger partial charge on any atom is -0.408 e. The van der Waals surface area contributed by atoms with Crippen molar-refractivity contribution in [3.8, 4) is 0 Å². The molecule has 0 bridgehead atoms. The fourth-order valence-corrected chi connectivity index (χ4v) is 3.40. The van der Waals surface area contributed by atoms with E-state index in [0.29, 0.717) is 23.2 Å². The van der Waals surface area contributed by atoms with Gasteiger partial charge >= 0.3 is 6.01 Å². The van der Waals surface area contributed by atoms with Crippen molar-refractivity contribution in [2.45, 2.75) is 57.4 Å². The number of aromatic amines is 1. The van der Waals surface area contributed by atoms with E-state index in [1.807, 2.05) is 17.9 Å². The number of aromatic nitrogens is 4. The lowest BCUT2D eigenvalue weighted by atomic mass is 9.93. The fraction of sp³-hybridized carbons (Fsp3) is 0.667. The van der Waals surface area contributed by atoms with Gasteiger partial charge in [0.2, 0.25) is 11.8 Å². The van der Waals surface area contributed by atoms with Crippen LogP contribution in [0.2, 0.25) is 0 Å². The maximum Gasteiger partial charge on any atom is 0.316 e. The topological polar surface area (TPSA) is 99.9 Å². The molecule has 2 N–H and O–H groups in total. The molecule has 2 aromatic heterocycles. The molecule has 1 saturated heterocycles. The summed E-state index contributed by atoms with van der Waals surface area (Å²) in [6.07, 6.45) is 10.8. The summed E-state index contributed by atoms with van der Waals surface area (Å²) in [5, 5.41) is 17.3. The van der Waals surface area contributed by atoms with Gasteiger partial charge in [-0.2, -0.15) is 5.10 Å². The van der Waals surface area contributed by atoms with Gasteiger partial charge in [0.25, 0.3) is 0 Å². The first-order chi connectivity index (χ1) is 12.7. The molecule has 1 atom stereocenters. The van der Waals surface area contributed by atoms with Gasteiger partial charge in [-0.1, -0.05) is 5.10 Å². The number of nitrogens with zero attached hydrogens (tertiary/aromatic N) is 4. The highest BCUT2D eigenvalue weighted by Crippen LogP contribution is 2.53. The molecule has 3 fully saturated rings. The summed E-state index contributed by atoms with van der Waals surface area (Å²) in [4.78, 5) is 14.4. The van der Waals surface area contributed by atoms with E-state index in [1.165, 1.54) is 12.8 Å². The molecule has 5 rings (SSSR count). The Kier molecular flexibility index (Phi) is 4.65. The average molecular weight is 358 g/mol. The lowest BCUT2D eigenvalue weighted by molar-refractivity contribution is -0.133. The van der Waals surface area contributed by atoms with Crippen molar-refractivity contribution in [2.24, 2.45) is 5.41 Å². The molecule has 1 spiro atoms. The van der Waals surface area contributed by atoms with Crippen LogP contribution in [0.25, 0.3) is 0 Å². The zero-order valence-electron chi connectivity index (χ0n) is 15.1. The number of hydrogen-bond donors (Lipinski definition) is 2. The van der Waals surface area contributed by atoms with Crippen LogP contribution >= 0.6 is 0 Å². The summed E-state index contributed by atoms with van der Waals surface area (Å²) < 4.78 is 5.55. The quantitative estimate of drug-likeness (QED) is 0.871. The van der Waals surface area contributed by atoms with Gasteiger partial charge in [-0.15, -0.1) is 5.10 Å². The first-order valence-corrected chi connectivity index (χ1v) is 9.48. The van der Waals surface area contributed by atoms with Gasteiger partial charge in [0, 0.05) is 31.4 Å². The first kappa shape index (κ1) is 17.1. The van der Waals surface area contributed by atoms with E-state index in [-0.39, 0.29) is 11.9 Å². The van der Waals surface area contributed by atoms with Crippen LogP contribution in [-0.4, -0.2) is 50.3 Å². The van der Waals surface area contributed by atoms with Gasteiger partial charge in [-0.05, 0) is 56.9 Å². The van der Waals surface area contributed by atoms with E-state index in [4.69, 9.17) is 4.42 Å². The van der Waals surface area contributed by atoms with Crippen LogP contribution in [0.1, 0.15) is 57.3 Å². The van der Waals surface area contributed by atoms with Gasteiger partial charge in [0.05, 0.1) is 0 Å². The molecule has 26 heavy (non-hydrogen) atoms. The normalized spacial score (nSPS) is 21.7. The first-order valence-electron chi connectivity index (χ1n) is 9.48. The Balaban J connectivity index is 0.000000292. The third-order valence-corrected chi connectivity index (χ3v) is 5.58. The second-order valence-electron chi connectivity index (χ2n) is 7.68. The summed E-state index contributed by atoms with van der Waals surface area (Å²) >= 11 is 0. The van der Waals surface area contributed by atoms with E-state index in [9.17, 15) is 4.79 Å². The molecule has 8 nitrogen and oxygen atoms in total. The third-order valence-electron chi connectivity index (χ3n) is 5.58. The Morgan fingerprint density at radius 1 is 1.31 bits per heavy atom. The highest BCUT2D eigenvalue weighted by atomic mass is 16.4. The summed E-state index contributed by atoms with van der Waals surface area (Å²) in [6, 6.07) is 1.89.